The van der Waals surface area contributed by atoms with Gasteiger partial charge in [0.1, 0.15) is 6.04 Å². The number of aryl methyl sites for hydroxylation is 1. The average Bonchev–Trinajstić information content (AvgIpc) is 3.42. The topological polar surface area (TPSA) is 68.4 Å². The number of carbonyl (C=O) groups excluding carboxylic acids is 2. The fraction of sp³-hybridized carbons (Fsp3) is 0.179. The third-order valence-electron chi connectivity index (χ3n) is 6.46. The van der Waals surface area contributed by atoms with Gasteiger partial charge in [0.2, 0.25) is 5.91 Å². The molecule has 0 spiro atoms. The third-order valence-corrected chi connectivity index (χ3v) is 6.86. The molecule has 0 saturated carbocycles. The summed E-state index contributed by atoms with van der Waals surface area (Å²) in [6, 6.07) is 24.3. The Balaban J connectivity index is 1.44. The molecule has 1 saturated heterocycles. The van der Waals surface area contributed by atoms with E-state index in [9.17, 15) is 9.59 Å². The Bertz CT molecular complexity index is 1400. The van der Waals surface area contributed by atoms with E-state index in [1.807, 2.05) is 104 Å². The Labute approximate surface area is 209 Å². The molecule has 5 rings (SSSR count). The largest absolute Gasteiger partial charge is 0.361 e. The zero-order valence-corrected chi connectivity index (χ0v) is 20.4. The van der Waals surface area contributed by atoms with Crippen LogP contribution in [0, 0.1) is 6.92 Å². The van der Waals surface area contributed by atoms with Gasteiger partial charge in [0.25, 0.3) is 5.91 Å². The number of carbonyl (C=O) groups is 2. The van der Waals surface area contributed by atoms with E-state index in [0.717, 1.165) is 22.0 Å². The van der Waals surface area contributed by atoms with Crippen LogP contribution in [0.4, 0.5) is 11.4 Å². The molecular weight excluding hydrogens is 456 g/mol. The lowest BCUT2D eigenvalue weighted by molar-refractivity contribution is -0.124. The first-order valence-corrected chi connectivity index (χ1v) is 12.0. The predicted octanol–water partition coefficient (Wildman–Crippen LogP) is 5.57. The van der Waals surface area contributed by atoms with Crippen molar-refractivity contribution >= 4 is 51.4 Å². The van der Waals surface area contributed by atoms with Crippen molar-refractivity contribution in [1.82, 2.24) is 9.88 Å². The van der Waals surface area contributed by atoms with Gasteiger partial charge in [-0.2, -0.15) is 0 Å². The van der Waals surface area contributed by atoms with E-state index in [-0.39, 0.29) is 24.3 Å². The molecule has 1 aliphatic heterocycles. The van der Waals surface area contributed by atoms with Crippen molar-refractivity contribution in [1.29, 1.82) is 0 Å². The van der Waals surface area contributed by atoms with Crippen LogP contribution < -0.4 is 10.2 Å². The molecule has 1 aromatic heterocycles. The van der Waals surface area contributed by atoms with Crippen LogP contribution in [0.25, 0.3) is 10.9 Å². The first-order valence-electron chi connectivity index (χ1n) is 11.6. The van der Waals surface area contributed by atoms with Crippen molar-refractivity contribution in [3.63, 3.8) is 0 Å². The molecule has 7 heteroatoms. The van der Waals surface area contributed by atoms with Crippen LogP contribution in [-0.2, 0) is 9.59 Å². The summed E-state index contributed by atoms with van der Waals surface area (Å²) >= 11 is 5.83. The van der Waals surface area contributed by atoms with Gasteiger partial charge >= 0.3 is 0 Å². The maximum atomic E-state index is 13.7. The zero-order chi connectivity index (χ0) is 24.5. The van der Waals surface area contributed by atoms with Crippen molar-refractivity contribution in [2.45, 2.75) is 32.4 Å². The van der Waals surface area contributed by atoms with E-state index in [1.165, 1.54) is 0 Å². The van der Waals surface area contributed by atoms with E-state index >= 15 is 0 Å². The number of amides is 2. The quantitative estimate of drug-likeness (QED) is 0.353. The Morgan fingerprint density at radius 3 is 2.54 bits per heavy atom. The minimum atomic E-state index is -0.715. The fourth-order valence-electron chi connectivity index (χ4n) is 4.57. The van der Waals surface area contributed by atoms with Gasteiger partial charge in [0.15, 0.2) is 5.11 Å². The van der Waals surface area contributed by atoms with Gasteiger partial charge < -0.3 is 15.2 Å². The molecule has 2 atom stereocenters. The molecule has 176 valence electrons. The lowest BCUT2D eigenvalue weighted by atomic mass is 10.0. The minimum Gasteiger partial charge on any atom is -0.361 e. The zero-order valence-electron chi connectivity index (χ0n) is 19.6. The van der Waals surface area contributed by atoms with Crippen molar-refractivity contribution in [3.8, 4) is 0 Å². The molecule has 0 aliphatic carbocycles. The van der Waals surface area contributed by atoms with Crippen LogP contribution in [0.1, 0.15) is 30.5 Å². The number of anilines is 2. The highest BCUT2D eigenvalue weighted by molar-refractivity contribution is 7.80. The molecule has 2 amide bonds. The lowest BCUT2D eigenvalue weighted by Gasteiger charge is -2.30. The maximum Gasteiger partial charge on any atom is 0.256 e. The standard InChI is InChI=1S/C28H26N4O2S/c1-18-8-12-23(13-9-18)32-27(34)25(31(28(32)35)19(2)20-6-4-3-5-7-20)17-26(33)30-22-11-10-21-14-15-29-24(21)16-22/h3-16,19,25,29H,17H2,1-2H3,(H,30,33). The average molecular weight is 483 g/mol. The van der Waals surface area contributed by atoms with Crippen LogP contribution >= 0.6 is 12.2 Å². The van der Waals surface area contributed by atoms with E-state index < -0.39 is 6.04 Å². The Kier molecular flexibility index (Phi) is 6.09. The van der Waals surface area contributed by atoms with Gasteiger partial charge in [-0.3, -0.25) is 14.5 Å². The molecule has 1 fully saturated rings. The first kappa shape index (κ1) is 22.8. The smallest absolute Gasteiger partial charge is 0.256 e. The summed E-state index contributed by atoms with van der Waals surface area (Å²) in [5, 5.41) is 4.42. The fourth-order valence-corrected chi connectivity index (χ4v) is 5.05. The Morgan fingerprint density at radius 1 is 1.06 bits per heavy atom. The Hall–Kier alpha value is -3.97. The van der Waals surface area contributed by atoms with Crippen molar-refractivity contribution in [2.24, 2.45) is 0 Å². The molecule has 2 heterocycles. The van der Waals surface area contributed by atoms with Crippen molar-refractivity contribution in [3.05, 3.63) is 96.2 Å². The SMILES string of the molecule is Cc1ccc(N2C(=O)C(CC(=O)Nc3ccc4cc[nH]c4c3)N(C(C)c3ccccc3)C2=S)cc1. The number of hydrogen-bond donors (Lipinski definition) is 2. The molecule has 2 unspecified atom stereocenters. The number of benzene rings is 3. The number of fused-ring (bicyclic) bond motifs is 1. The molecular formula is C28H26N4O2S. The molecule has 4 aromatic rings. The third kappa shape index (κ3) is 4.42. The highest BCUT2D eigenvalue weighted by Gasteiger charge is 2.46. The van der Waals surface area contributed by atoms with Gasteiger partial charge in [-0.05, 0) is 67.3 Å². The second kappa shape index (κ2) is 9.35. The van der Waals surface area contributed by atoms with Gasteiger partial charge in [0, 0.05) is 17.4 Å². The van der Waals surface area contributed by atoms with Crippen LogP contribution in [0.5, 0.6) is 0 Å². The van der Waals surface area contributed by atoms with Gasteiger partial charge in [0.05, 0.1) is 18.2 Å². The number of aromatic amines is 1. The van der Waals surface area contributed by atoms with Gasteiger partial charge in [-0.1, -0.05) is 54.1 Å². The lowest BCUT2D eigenvalue weighted by Crippen LogP contribution is -2.39. The molecule has 1 aliphatic rings. The molecule has 0 bridgehead atoms. The monoisotopic (exact) mass is 482 g/mol. The number of rotatable bonds is 6. The van der Waals surface area contributed by atoms with E-state index in [0.29, 0.717) is 16.5 Å². The molecule has 35 heavy (non-hydrogen) atoms. The van der Waals surface area contributed by atoms with E-state index in [1.54, 1.807) is 4.90 Å². The molecule has 6 nitrogen and oxygen atoms in total. The summed E-state index contributed by atoms with van der Waals surface area (Å²) in [6.45, 7) is 4.01. The summed E-state index contributed by atoms with van der Waals surface area (Å²) < 4.78 is 0. The highest BCUT2D eigenvalue weighted by atomic mass is 32.1. The number of aromatic nitrogens is 1. The number of thiocarbonyl (C=S) groups is 1. The molecule has 2 N–H and O–H groups in total. The van der Waals surface area contributed by atoms with Crippen molar-refractivity contribution < 1.29 is 9.59 Å². The second-order valence-corrected chi connectivity index (χ2v) is 9.20. The summed E-state index contributed by atoms with van der Waals surface area (Å²) in [7, 11) is 0. The van der Waals surface area contributed by atoms with Gasteiger partial charge in [-0.15, -0.1) is 0 Å². The predicted molar refractivity (Wildman–Crippen MR) is 143 cm³/mol. The van der Waals surface area contributed by atoms with E-state index in [2.05, 4.69) is 10.3 Å². The first-order chi connectivity index (χ1) is 16.9. The molecule has 0 radical (unpaired) electrons. The highest BCUT2D eigenvalue weighted by Crippen LogP contribution is 2.34. The second-order valence-electron chi connectivity index (χ2n) is 8.83. The summed E-state index contributed by atoms with van der Waals surface area (Å²) in [5.74, 6) is -0.440. The van der Waals surface area contributed by atoms with Gasteiger partial charge in [-0.25, -0.2) is 0 Å². The number of nitrogens with one attached hydrogen (secondary N) is 2. The summed E-state index contributed by atoms with van der Waals surface area (Å²) in [5.41, 5.74) is 4.43. The molecule has 3 aromatic carbocycles. The van der Waals surface area contributed by atoms with Crippen LogP contribution in [-0.4, -0.2) is 32.9 Å². The number of nitrogens with zero attached hydrogens (tertiary/aromatic N) is 2. The summed E-state index contributed by atoms with van der Waals surface area (Å²) in [4.78, 5) is 33.4. The normalized spacial score (nSPS) is 16.7. The Morgan fingerprint density at radius 2 is 1.80 bits per heavy atom. The van der Waals surface area contributed by atoms with Crippen LogP contribution in [0.2, 0.25) is 0 Å². The number of hydrogen-bond acceptors (Lipinski definition) is 3. The number of H-pyrrole nitrogens is 1. The van der Waals surface area contributed by atoms with Crippen molar-refractivity contribution in [2.75, 3.05) is 10.2 Å². The van der Waals surface area contributed by atoms with Crippen LogP contribution in [0.15, 0.2) is 85.1 Å². The summed E-state index contributed by atoms with van der Waals surface area (Å²) in [6.07, 6.45) is 1.85. The maximum absolute atomic E-state index is 13.7. The van der Waals surface area contributed by atoms with Crippen LogP contribution in [0.3, 0.4) is 0 Å². The van der Waals surface area contributed by atoms with E-state index in [4.69, 9.17) is 12.2 Å². The minimum absolute atomic E-state index is 0.0126.